The summed E-state index contributed by atoms with van der Waals surface area (Å²) in [5.41, 5.74) is 3.34. The molecule has 5 heteroatoms. The summed E-state index contributed by atoms with van der Waals surface area (Å²) >= 11 is 5.92. The average Bonchev–Trinajstić information content (AvgIpc) is 2.55. The number of hydrogen-bond acceptors (Lipinski definition) is 3. The SMILES string of the molecule is C=C(Cl)NC(=NCCc1ccc(O)cc1)C(=C(C)C)/C(C#N)=C\CC. The van der Waals surface area contributed by atoms with Crippen molar-refractivity contribution in [2.24, 2.45) is 4.99 Å². The second-order valence-corrected chi connectivity index (χ2v) is 6.15. The maximum absolute atomic E-state index is 9.47. The number of phenolic OH excluding ortho intramolecular Hbond substituents is 1. The number of rotatable bonds is 7. The number of nitriles is 1. The molecular formula is C20H24ClN3O. The minimum absolute atomic E-state index is 0.239. The number of nitrogens with zero attached hydrogens (tertiary/aromatic N) is 2. The van der Waals surface area contributed by atoms with Crippen LogP contribution in [0.2, 0.25) is 0 Å². The minimum atomic E-state index is 0.239. The Morgan fingerprint density at radius 3 is 2.48 bits per heavy atom. The number of halogens is 1. The second-order valence-electron chi connectivity index (χ2n) is 5.69. The Morgan fingerprint density at radius 2 is 2.00 bits per heavy atom. The zero-order valence-electron chi connectivity index (χ0n) is 14.9. The van der Waals surface area contributed by atoms with E-state index in [1.54, 1.807) is 12.1 Å². The highest BCUT2D eigenvalue weighted by molar-refractivity contribution is 6.30. The van der Waals surface area contributed by atoms with Crippen LogP contribution in [0.4, 0.5) is 0 Å². The van der Waals surface area contributed by atoms with Crippen molar-refractivity contribution in [3.63, 3.8) is 0 Å². The molecule has 0 bridgehead atoms. The molecule has 0 aromatic heterocycles. The lowest BCUT2D eigenvalue weighted by molar-refractivity contribution is 0.475. The van der Waals surface area contributed by atoms with Crippen molar-refractivity contribution in [3.8, 4) is 11.8 Å². The second kappa shape index (κ2) is 10.4. The van der Waals surface area contributed by atoms with E-state index < -0.39 is 0 Å². The zero-order chi connectivity index (χ0) is 18.8. The Labute approximate surface area is 154 Å². The molecule has 1 aromatic carbocycles. The first-order chi connectivity index (χ1) is 11.9. The van der Waals surface area contributed by atoms with Gasteiger partial charge in [-0.15, -0.1) is 0 Å². The van der Waals surface area contributed by atoms with Crippen molar-refractivity contribution in [2.75, 3.05) is 6.54 Å². The Balaban J connectivity index is 3.11. The first kappa shape index (κ1) is 20.5. The van der Waals surface area contributed by atoms with Crippen molar-refractivity contribution >= 4 is 17.4 Å². The van der Waals surface area contributed by atoms with Gasteiger partial charge in [0.2, 0.25) is 0 Å². The Kier molecular flexibility index (Phi) is 8.52. The number of hydrogen-bond donors (Lipinski definition) is 2. The van der Waals surface area contributed by atoms with Gasteiger partial charge in [-0.25, -0.2) is 0 Å². The smallest absolute Gasteiger partial charge is 0.134 e. The van der Waals surface area contributed by atoms with Crippen LogP contribution in [0.5, 0.6) is 5.75 Å². The summed E-state index contributed by atoms with van der Waals surface area (Å²) in [5, 5.41) is 22.0. The van der Waals surface area contributed by atoms with Crippen molar-refractivity contribution in [1.82, 2.24) is 5.32 Å². The Hall–Kier alpha value is -2.51. The Bertz CT molecular complexity index is 733. The fourth-order valence-corrected chi connectivity index (χ4v) is 2.40. The third-order valence-electron chi connectivity index (χ3n) is 3.40. The normalized spacial score (nSPS) is 11.6. The van der Waals surface area contributed by atoms with E-state index in [-0.39, 0.29) is 10.9 Å². The predicted octanol–water partition coefficient (Wildman–Crippen LogP) is 4.83. The highest BCUT2D eigenvalue weighted by Gasteiger charge is 2.14. The summed E-state index contributed by atoms with van der Waals surface area (Å²) in [6.07, 6.45) is 3.33. The summed E-state index contributed by atoms with van der Waals surface area (Å²) < 4.78 is 0. The molecule has 0 aliphatic carbocycles. The van der Waals surface area contributed by atoms with Crippen LogP contribution in [-0.2, 0) is 6.42 Å². The van der Waals surface area contributed by atoms with E-state index in [1.165, 1.54) is 0 Å². The van der Waals surface area contributed by atoms with Gasteiger partial charge in [0.15, 0.2) is 0 Å². The van der Waals surface area contributed by atoms with E-state index in [0.717, 1.165) is 23.1 Å². The molecule has 25 heavy (non-hydrogen) atoms. The van der Waals surface area contributed by atoms with Crippen LogP contribution < -0.4 is 5.32 Å². The van der Waals surface area contributed by atoms with Gasteiger partial charge >= 0.3 is 0 Å². The molecule has 0 unspecified atom stereocenters. The van der Waals surface area contributed by atoms with Crippen LogP contribution in [0, 0.1) is 11.3 Å². The molecule has 0 heterocycles. The molecule has 0 aliphatic rings. The molecule has 0 radical (unpaired) electrons. The quantitative estimate of drug-likeness (QED) is 0.241. The molecule has 4 nitrogen and oxygen atoms in total. The molecule has 0 saturated carbocycles. The minimum Gasteiger partial charge on any atom is -0.508 e. The Morgan fingerprint density at radius 1 is 1.36 bits per heavy atom. The van der Waals surface area contributed by atoms with E-state index in [1.807, 2.05) is 39.0 Å². The lowest BCUT2D eigenvalue weighted by atomic mass is 10.00. The molecule has 1 aromatic rings. The molecule has 0 amide bonds. The molecule has 0 saturated heterocycles. The number of allylic oxidation sites excluding steroid dienone is 2. The van der Waals surface area contributed by atoms with Crippen molar-refractivity contribution in [3.05, 3.63) is 64.4 Å². The van der Waals surface area contributed by atoms with E-state index >= 15 is 0 Å². The molecular weight excluding hydrogens is 334 g/mol. The fraction of sp³-hybridized carbons (Fsp3) is 0.300. The number of nitrogens with one attached hydrogen (secondary N) is 1. The standard InChI is InChI=1S/C20H24ClN3O/c1-5-6-17(13-22)19(14(2)3)20(24-15(4)21)23-12-11-16-7-9-18(25)10-8-16/h6-10,25H,4-5,11-12H2,1-3H3,(H,23,24)/b17-6-. The predicted molar refractivity (Wildman–Crippen MR) is 105 cm³/mol. The van der Waals surface area contributed by atoms with Crippen LogP contribution in [0.25, 0.3) is 0 Å². The lowest BCUT2D eigenvalue weighted by Gasteiger charge is -2.14. The van der Waals surface area contributed by atoms with E-state index in [2.05, 4.69) is 23.0 Å². The molecule has 0 aliphatic heterocycles. The summed E-state index contributed by atoms with van der Waals surface area (Å²) in [5.74, 6) is 0.781. The molecule has 0 spiro atoms. The number of amidine groups is 1. The van der Waals surface area contributed by atoms with Crippen molar-refractivity contribution in [1.29, 1.82) is 5.26 Å². The van der Waals surface area contributed by atoms with Crippen molar-refractivity contribution in [2.45, 2.75) is 33.6 Å². The van der Waals surface area contributed by atoms with Gasteiger partial charge in [-0.05, 0) is 44.4 Å². The maximum Gasteiger partial charge on any atom is 0.134 e. The zero-order valence-corrected chi connectivity index (χ0v) is 15.7. The summed E-state index contributed by atoms with van der Waals surface area (Å²) in [6.45, 7) is 10.0. The summed E-state index contributed by atoms with van der Waals surface area (Å²) in [6, 6.07) is 9.25. The first-order valence-electron chi connectivity index (χ1n) is 8.11. The van der Waals surface area contributed by atoms with Gasteiger partial charge in [0.25, 0.3) is 0 Å². The number of benzene rings is 1. The molecule has 0 atom stereocenters. The largest absolute Gasteiger partial charge is 0.508 e. The van der Waals surface area contributed by atoms with Gasteiger partial charge in [0, 0.05) is 12.1 Å². The van der Waals surface area contributed by atoms with Crippen LogP contribution in [0.3, 0.4) is 0 Å². The molecule has 2 N–H and O–H groups in total. The highest BCUT2D eigenvalue weighted by atomic mass is 35.5. The van der Waals surface area contributed by atoms with Crippen molar-refractivity contribution < 1.29 is 5.11 Å². The molecule has 132 valence electrons. The molecule has 0 fully saturated rings. The van der Waals surface area contributed by atoms with Crippen LogP contribution in [0.1, 0.15) is 32.8 Å². The fourth-order valence-electron chi connectivity index (χ4n) is 2.31. The van der Waals surface area contributed by atoms with Gasteiger partial charge in [-0.3, -0.25) is 4.99 Å². The third kappa shape index (κ3) is 6.86. The lowest BCUT2D eigenvalue weighted by Crippen LogP contribution is -2.25. The first-order valence-corrected chi connectivity index (χ1v) is 8.49. The number of phenols is 1. The van der Waals surface area contributed by atoms with Gasteiger partial charge in [0.05, 0.1) is 11.6 Å². The van der Waals surface area contributed by atoms with E-state index in [0.29, 0.717) is 24.4 Å². The van der Waals surface area contributed by atoms with Crippen LogP contribution in [-0.4, -0.2) is 17.5 Å². The van der Waals surface area contributed by atoms with Crippen LogP contribution >= 0.6 is 11.6 Å². The topological polar surface area (TPSA) is 68.4 Å². The van der Waals surface area contributed by atoms with Gasteiger partial charge in [-0.2, -0.15) is 5.26 Å². The summed E-state index contributed by atoms with van der Waals surface area (Å²) in [4.78, 5) is 4.60. The average molecular weight is 358 g/mol. The number of aliphatic imine (C=N–C) groups is 1. The third-order valence-corrected chi connectivity index (χ3v) is 3.49. The van der Waals surface area contributed by atoms with E-state index in [4.69, 9.17) is 11.6 Å². The summed E-state index contributed by atoms with van der Waals surface area (Å²) in [7, 11) is 0. The van der Waals surface area contributed by atoms with Gasteiger partial charge in [0.1, 0.15) is 16.7 Å². The van der Waals surface area contributed by atoms with E-state index in [9.17, 15) is 10.4 Å². The van der Waals surface area contributed by atoms with Crippen LogP contribution in [0.15, 0.2) is 63.8 Å². The maximum atomic E-state index is 9.47. The monoisotopic (exact) mass is 357 g/mol. The number of aromatic hydroxyl groups is 1. The van der Waals surface area contributed by atoms with Gasteiger partial charge in [-0.1, -0.05) is 48.9 Å². The highest BCUT2D eigenvalue weighted by Crippen LogP contribution is 2.18. The molecule has 1 rings (SSSR count). The van der Waals surface area contributed by atoms with Gasteiger partial charge < -0.3 is 10.4 Å².